The minimum atomic E-state index is 0.305. The first kappa shape index (κ1) is 9.91. The quantitative estimate of drug-likeness (QED) is 0.798. The highest BCUT2D eigenvalue weighted by atomic mass is 35.5. The van der Waals surface area contributed by atoms with Gasteiger partial charge in [0.2, 0.25) is 0 Å². The van der Waals surface area contributed by atoms with Gasteiger partial charge in [-0.25, -0.2) is 0 Å². The SMILES string of the molecule is O=C(Cn1cc(Cl)c2ccccc21)C1CC1. The summed E-state index contributed by atoms with van der Waals surface area (Å²) < 4.78 is 1.96. The number of carbonyl (C=O) groups excluding carboxylic acids is 1. The Balaban J connectivity index is 1.99. The zero-order chi connectivity index (χ0) is 11.1. The van der Waals surface area contributed by atoms with Crippen LogP contribution in [0, 0.1) is 5.92 Å². The van der Waals surface area contributed by atoms with Crippen LogP contribution in [0.15, 0.2) is 30.5 Å². The maximum atomic E-state index is 11.8. The van der Waals surface area contributed by atoms with Crippen LogP contribution in [-0.2, 0) is 11.3 Å². The lowest BCUT2D eigenvalue weighted by atomic mass is 10.2. The third-order valence-corrected chi connectivity index (χ3v) is 3.40. The van der Waals surface area contributed by atoms with Gasteiger partial charge in [0.05, 0.1) is 11.6 Å². The van der Waals surface area contributed by atoms with Gasteiger partial charge in [-0.3, -0.25) is 4.79 Å². The van der Waals surface area contributed by atoms with Crippen LogP contribution < -0.4 is 0 Å². The van der Waals surface area contributed by atoms with E-state index in [9.17, 15) is 4.79 Å². The summed E-state index contributed by atoms with van der Waals surface area (Å²) in [5, 5.41) is 1.74. The monoisotopic (exact) mass is 233 g/mol. The van der Waals surface area contributed by atoms with E-state index < -0.39 is 0 Å². The second-order valence-corrected chi connectivity index (χ2v) is 4.77. The zero-order valence-corrected chi connectivity index (χ0v) is 9.57. The first-order valence-electron chi connectivity index (χ1n) is 5.52. The summed E-state index contributed by atoms with van der Waals surface area (Å²) in [6.45, 7) is 0.456. The molecule has 1 aliphatic rings. The molecule has 0 bridgehead atoms. The van der Waals surface area contributed by atoms with E-state index in [-0.39, 0.29) is 0 Å². The van der Waals surface area contributed by atoms with Crippen molar-refractivity contribution in [2.75, 3.05) is 0 Å². The van der Waals surface area contributed by atoms with Crippen molar-refractivity contribution >= 4 is 28.3 Å². The Hall–Kier alpha value is -1.28. The van der Waals surface area contributed by atoms with Crippen molar-refractivity contribution in [3.05, 3.63) is 35.5 Å². The number of ketones is 1. The average Bonchev–Trinajstić information content (AvgIpc) is 3.08. The minimum Gasteiger partial charge on any atom is -0.338 e. The van der Waals surface area contributed by atoms with Crippen molar-refractivity contribution in [1.82, 2.24) is 4.57 Å². The predicted octanol–water partition coefficient (Wildman–Crippen LogP) is 3.27. The molecular formula is C13H12ClNO. The van der Waals surface area contributed by atoms with Crippen molar-refractivity contribution in [3.8, 4) is 0 Å². The molecular weight excluding hydrogens is 222 g/mol. The Labute approximate surface area is 98.8 Å². The lowest BCUT2D eigenvalue weighted by molar-refractivity contribution is -0.120. The molecule has 3 rings (SSSR count). The molecule has 0 unspecified atom stereocenters. The number of hydrogen-bond donors (Lipinski definition) is 0. The van der Waals surface area contributed by atoms with Crippen LogP contribution in [0.3, 0.4) is 0 Å². The first-order chi connectivity index (χ1) is 7.75. The maximum Gasteiger partial charge on any atom is 0.155 e. The summed E-state index contributed by atoms with van der Waals surface area (Å²) in [5.41, 5.74) is 1.04. The van der Waals surface area contributed by atoms with Crippen LogP contribution in [0.1, 0.15) is 12.8 Å². The lowest BCUT2D eigenvalue weighted by Gasteiger charge is -2.03. The van der Waals surface area contributed by atoms with Crippen LogP contribution in [0.25, 0.3) is 10.9 Å². The van der Waals surface area contributed by atoms with E-state index in [1.54, 1.807) is 0 Å². The van der Waals surface area contributed by atoms with Gasteiger partial charge in [-0.2, -0.15) is 0 Å². The molecule has 0 radical (unpaired) electrons. The third kappa shape index (κ3) is 1.63. The normalized spacial score (nSPS) is 15.6. The van der Waals surface area contributed by atoms with E-state index >= 15 is 0 Å². The molecule has 3 heteroatoms. The number of halogens is 1. The smallest absolute Gasteiger partial charge is 0.155 e. The molecule has 1 aromatic heterocycles. The molecule has 2 aromatic rings. The van der Waals surface area contributed by atoms with Gasteiger partial charge >= 0.3 is 0 Å². The fraction of sp³-hybridized carbons (Fsp3) is 0.308. The molecule has 1 heterocycles. The van der Waals surface area contributed by atoms with Gasteiger partial charge in [-0.05, 0) is 18.9 Å². The molecule has 1 aliphatic carbocycles. The highest BCUT2D eigenvalue weighted by Gasteiger charge is 2.29. The standard InChI is InChI=1S/C13H12ClNO/c14-11-7-15(8-13(16)9-5-6-9)12-4-2-1-3-10(11)12/h1-4,7,9H,5-6,8H2. The fourth-order valence-electron chi connectivity index (χ4n) is 2.04. The number of para-hydroxylation sites is 1. The van der Waals surface area contributed by atoms with Crippen LogP contribution in [0.4, 0.5) is 0 Å². The molecule has 0 aliphatic heterocycles. The zero-order valence-electron chi connectivity index (χ0n) is 8.82. The average molecular weight is 234 g/mol. The Morgan fingerprint density at radius 1 is 1.38 bits per heavy atom. The molecule has 0 atom stereocenters. The van der Waals surface area contributed by atoms with Gasteiger partial charge in [0.15, 0.2) is 5.78 Å². The summed E-state index contributed by atoms with van der Waals surface area (Å²) in [4.78, 5) is 11.8. The Morgan fingerprint density at radius 3 is 2.88 bits per heavy atom. The summed E-state index contributed by atoms with van der Waals surface area (Å²) in [7, 11) is 0. The first-order valence-corrected chi connectivity index (χ1v) is 5.89. The molecule has 0 saturated heterocycles. The highest BCUT2D eigenvalue weighted by Crippen LogP contribution is 2.31. The Kier molecular flexibility index (Phi) is 2.25. The van der Waals surface area contributed by atoms with Crippen molar-refractivity contribution in [2.45, 2.75) is 19.4 Å². The number of benzene rings is 1. The number of rotatable bonds is 3. The van der Waals surface area contributed by atoms with Crippen molar-refractivity contribution in [2.24, 2.45) is 5.92 Å². The van der Waals surface area contributed by atoms with Gasteiger partial charge < -0.3 is 4.57 Å². The summed E-state index contributed by atoms with van der Waals surface area (Å²) in [5.74, 6) is 0.636. The molecule has 1 fully saturated rings. The summed E-state index contributed by atoms with van der Waals surface area (Å²) >= 11 is 6.12. The van der Waals surface area contributed by atoms with Gasteiger partial charge in [0.25, 0.3) is 0 Å². The minimum absolute atomic E-state index is 0.305. The van der Waals surface area contributed by atoms with E-state index in [0.717, 1.165) is 28.8 Å². The lowest BCUT2D eigenvalue weighted by Crippen LogP contribution is -2.10. The number of carbonyl (C=O) groups is 1. The van der Waals surface area contributed by atoms with Gasteiger partial charge in [-0.15, -0.1) is 0 Å². The molecule has 0 spiro atoms. The van der Waals surface area contributed by atoms with Crippen molar-refractivity contribution < 1.29 is 4.79 Å². The second-order valence-electron chi connectivity index (χ2n) is 4.36. The largest absolute Gasteiger partial charge is 0.338 e. The highest BCUT2D eigenvalue weighted by molar-refractivity contribution is 6.35. The number of fused-ring (bicyclic) bond motifs is 1. The number of Topliss-reactive ketones (excluding diaryl/α,β-unsaturated/α-hetero) is 1. The van der Waals surface area contributed by atoms with Crippen molar-refractivity contribution in [1.29, 1.82) is 0 Å². The Morgan fingerprint density at radius 2 is 2.12 bits per heavy atom. The molecule has 2 nitrogen and oxygen atoms in total. The maximum absolute atomic E-state index is 11.8. The van der Waals surface area contributed by atoms with Crippen LogP contribution >= 0.6 is 11.6 Å². The second kappa shape index (κ2) is 3.63. The molecule has 0 N–H and O–H groups in total. The number of nitrogens with zero attached hydrogens (tertiary/aromatic N) is 1. The van der Waals surface area contributed by atoms with E-state index in [1.165, 1.54) is 0 Å². The van der Waals surface area contributed by atoms with Crippen LogP contribution in [-0.4, -0.2) is 10.4 Å². The topological polar surface area (TPSA) is 22.0 Å². The third-order valence-electron chi connectivity index (χ3n) is 3.10. The Bertz CT molecular complexity index is 554. The van der Waals surface area contributed by atoms with E-state index in [1.807, 2.05) is 35.0 Å². The number of hydrogen-bond acceptors (Lipinski definition) is 1. The van der Waals surface area contributed by atoms with Crippen molar-refractivity contribution in [3.63, 3.8) is 0 Å². The van der Waals surface area contributed by atoms with Crippen LogP contribution in [0.5, 0.6) is 0 Å². The molecule has 1 aromatic carbocycles. The van der Waals surface area contributed by atoms with Gasteiger partial charge in [0, 0.05) is 23.0 Å². The van der Waals surface area contributed by atoms with Gasteiger partial charge in [-0.1, -0.05) is 29.8 Å². The summed E-state index contributed by atoms with van der Waals surface area (Å²) in [6.07, 6.45) is 3.98. The molecule has 82 valence electrons. The van der Waals surface area contributed by atoms with E-state index in [0.29, 0.717) is 18.2 Å². The molecule has 1 saturated carbocycles. The number of aromatic nitrogens is 1. The van der Waals surface area contributed by atoms with E-state index in [4.69, 9.17) is 11.6 Å². The fourth-order valence-corrected chi connectivity index (χ4v) is 2.31. The van der Waals surface area contributed by atoms with E-state index in [2.05, 4.69) is 0 Å². The molecule has 16 heavy (non-hydrogen) atoms. The molecule has 0 amide bonds. The van der Waals surface area contributed by atoms with Crippen LogP contribution in [0.2, 0.25) is 5.02 Å². The predicted molar refractivity (Wildman–Crippen MR) is 64.7 cm³/mol. The summed E-state index contributed by atoms with van der Waals surface area (Å²) in [6, 6.07) is 7.91. The van der Waals surface area contributed by atoms with Gasteiger partial charge in [0.1, 0.15) is 0 Å².